The summed E-state index contributed by atoms with van der Waals surface area (Å²) >= 11 is 5.84. The van der Waals surface area contributed by atoms with E-state index in [2.05, 4.69) is 10.1 Å². The van der Waals surface area contributed by atoms with Crippen LogP contribution in [0.3, 0.4) is 0 Å². The summed E-state index contributed by atoms with van der Waals surface area (Å²) < 4.78 is 38.7. The van der Waals surface area contributed by atoms with Gasteiger partial charge in [0.25, 0.3) is 0 Å². The highest BCUT2D eigenvalue weighted by atomic mass is 35.5. The molecule has 7 nitrogen and oxygen atoms in total. The molecule has 0 N–H and O–H groups in total. The first kappa shape index (κ1) is 21.7. The molecule has 4 rings (SSSR count). The van der Waals surface area contributed by atoms with Gasteiger partial charge in [-0.25, -0.2) is 22.3 Å². The molecule has 0 radical (unpaired) electrons. The van der Waals surface area contributed by atoms with Gasteiger partial charge in [-0.15, -0.1) is 16.7 Å². The standard InChI is InChI=1S/C21H22ClFN4O3S/c1-21(2)12-26(18(28)10-22)16-9-14(8-13-4-6-15(23)7-5-13)20-24-17(11-31(3,29)30)25-27(20)19(16)21/h4-7,9H,8,10-12H2,1-3H3. The molecule has 1 aromatic carbocycles. The van der Waals surface area contributed by atoms with Crippen LogP contribution in [-0.4, -0.2) is 47.6 Å². The molecule has 3 heterocycles. The molecule has 0 fully saturated rings. The van der Waals surface area contributed by atoms with Crippen LogP contribution in [-0.2, 0) is 32.2 Å². The van der Waals surface area contributed by atoms with E-state index in [-0.39, 0.29) is 29.2 Å². The molecule has 1 amide bonds. The van der Waals surface area contributed by atoms with Gasteiger partial charge in [0.05, 0.1) is 11.4 Å². The molecule has 0 saturated carbocycles. The minimum atomic E-state index is -3.33. The van der Waals surface area contributed by atoms with E-state index < -0.39 is 15.3 Å². The van der Waals surface area contributed by atoms with E-state index in [1.807, 2.05) is 19.9 Å². The fourth-order valence-corrected chi connectivity index (χ4v) is 4.80. The average molecular weight is 465 g/mol. The lowest BCUT2D eigenvalue weighted by Crippen LogP contribution is -2.34. The average Bonchev–Trinajstić information content (AvgIpc) is 3.19. The second-order valence-corrected chi connectivity index (χ2v) is 10.9. The number of hydrogen-bond acceptors (Lipinski definition) is 5. The maximum absolute atomic E-state index is 13.3. The Kier molecular flexibility index (Phi) is 5.29. The number of rotatable bonds is 5. The van der Waals surface area contributed by atoms with Crippen molar-refractivity contribution in [3.05, 3.63) is 58.8 Å². The van der Waals surface area contributed by atoms with E-state index in [1.54, 1.807) is 21.5 Å². The maximum atomic E-state index is 13.3. The Morgan fingerprint density at radius 1 is 1.26 bits per heavy atom. The lowest BCUT2D eigenvalue weighted by Gasteiger charge is -2.19. The third-order valence-corrected chi connectivity index (χ3v) is 6.31. The van der Waals surface area contributed by atoms with Crippen LogP contribution in [0.2, 0.25) is 0 Å². The van der Waals surface area contributed by atoms with Crippen molar-refractivity contribution in [2.75, 3.05) is 23.6 Å². The van der Waals surface area contributed by atoms with Crippen molar-refractivity contribution in [1.29, 1.82) is 0 Å². The van der Waals surface area contributed by atoms with E-state index in [0.717, 1.165) is 23.1 Å². The van der Waals surface area contributed by atoms with Gasteiger partial charge >= 0.3 is 0 Å². The molecular weight excluding hydrogens is 443 g/mol. The minimum absolute atomic E-state index is 0.155. The molecule has 1 aliphatic rings. The Hall–Kier alpha value is -2.52. The van der Waals surface area contributed by atoms with Crippen LogP contribution < -0.4 is 4.90 Å². The molecule has 0 aliphatic carbocycles. The molecule has 0 saturated heterocycles. The molecule has 0 spiro atoms. The van der Waals surface area contributed by atoms with Gasteiger partial charge in [-0.05, 0) is 23.8 Å². The van der Waals surface area contributed by atoms with E-state index in [0.29, 0.717) is 24.3 Å². The number of aromatic nitrogens is 3. The Labute approximate surface area is 184 Å². The van der Waals surface area contributed by atoms with Crippen LogP contribution in [0.5, 0.6) is 0 Å². The van der Waals surface area contributed by atoms with Gasteiger partial charge in [0.15, 0.2) is 21.3 Å². The summed E-state index contributed by atoms with van der Waals surface area (Å²) in [6.45, 7) is 4.40. The van der Waals surface area contributed by atoms with Gasteiger partial charge in [0.2, 0.25) is 5.91 Å². The van der Waals surface area contributed by atoms with Gasteiger partial charge in [0.1, 0.15) is 17.5 Å². The summed E-state index contributed by atoms with van der Waals surface area (Å²) in [5.74, 6) is -0.811. The van der Waals surface area contributed by atoms with Crippen molar-refractivity contribution >= 4 is 38.7 Å². The van der Waals surface area contributed by atoms with Crippen LogP contribution in [0, 0.1) is 5.82 Å². The zero-order valence-corrected chi connectivity index (χ0v) is 19.0. The number of alkyl halides is 1. The summed E-state index contributed by atoms with van der Waals surface area (Å²) in [6.07, 6.45) is 1.55. The Morgan fingerprint density at radius 2 is 1.94 bits per heavy atom. The van der Waals surface area contributed by atoms with Gasteiger partial charge in [-0.3, -0.25) is 4.79 Å². The number of hydrogen-bond donors (Lipinski definition) is 0. The van der Waals surface area contributed by atoms with Crippen molar-refractivity contribution in [2.45, 2.75) is 31.4 Å². The molecule has 1 aliphatic heterocycles. The third kappa shape index (κ3) is 4.16. The summed E-state index contributed by atoms with van der Waals surface area (Å²) in [5, 5.41) is 4.50. The molecule has 31 heavy (non-hydrogen) atoms. The lowest BCUT2D eigenvalue weighted by molar-refractivity contribution is -0.116. The molecule has 0 bridgehead atoms. The third-order valence-electron chi connectivity index (χ3n) is 5.30. The quantitative estimate of drug-likeness (QED) is 0.542. The van der Waals surface area contributed by atoms with Crippen LogP contribution in [0.25, 0.3) is 5.65 Å². The SMILES string of the molecule is CC1(C)CN(C(=O)CCl)c2cc(Cc3ccc(F)cc3)c3nc(CS(C)(=O)=O)nn3c21. The highest BCUT2D eigenvalue weighted by molar-refractivity contribution is 7.89. The monoisotopic (exact) mass is 464 g/mol. The first-order valence-electron chi connectivity index (χ1n) is 9.69. The van der Waals surface area contributed by atoms with E-state index in [4.69, 9.17) is 11.6 Å². The molecule has 3 aromatic rings. The zero-order chi connectivity index (χ0) is 22.6. The number of anilines is 1. The summed E-state index contributed by atoms with van der Waals surface area (Å²) in [5.41, 5.74) is 3.13. The number of carbonyl (C=O) groups is 1. The second-order valence-electron chi connectivity index (χ2n) is 8.54. The van der Waals surface area contributed by atoms with Crippen LogP contribution in [0.15, 0.2) is 30.3 Å². The number of carbonyl (C=O) groups excluding carboxylic acids is 1. The highest BCUT2D eigenvalue weighted by Gasteiger charge is 2.41. The lowest BCUT2D eigenvalue weighted by atomic mass is 9.90. The van der Waals surface area contributed by atoms with Gasteiger partial charge in [-0.2, -0.15) is 0 Å². The van der Waals surface area contributed by atoms with Crippen molar-refractivity contribution in [3.63, 3.8) is 0 Å². The van der Waals surface area contributed by atoms with E-state index >= 15 is 0 Å². The molecular formula is C21H22ClFN4O3S. The van der Waals surface area contributed by atoms with Crippen LogP contribution in [0.4, 0.5) is 10.1 Å². The molecule has 10 heteroatoms. The smallest absolute Gasteiger partial charge is 0.241 e. The fraction of sp³-hybridized carbons (Fsp3) is 0.381. The molecule has 164 valence electrons. The molecule has 0 unspecified atom stereocenters. The van der Waals surface area contributed by atoms with E-state index in [1.165, 1.54) is 12.1 Å². The van der Waals surface area contributed by atoms with E-state index in [9.17, 15) is 17.6 Å². The summed E-state index contributed by atoms with van der Waals surface area (Å²) in [4.78, 5) is 18.7. The number of halogens is 2. The number of benzene rings is 1. The van der Waals surface area contributed by atoms with Gasteiger partial charge < -0.3 is 4.90 Å². The molecule has 2 aromatic heterocycles. The number of pyridine rings is 1. The fourth-order valence-electron chi connectivity index (χ4n) is 4.06. The number of nitrogens with zero attached hydrogens (tertiary/aromatic N) is 4. The first-order chi connectivity index (χ1) is 14.5. The van der Waals surface area contributed by atoms with Crippen LogP contribution in [0.1, 0.15) is 36.5 Å². The van der Waals surface area contributed by atoms with Crippen molar-refractivity contribution in [3.8, 4) is 0 Å². The number of sulfone groups is 1. The Morgan fingerprint density at radius 3 is 2.55 bits per heavy atom. The van der Waals surface area contributed by atoms with Crippen molar-refractivity contribution in [1.82, 2.24) is 14.6 Å². The summed E-state index contributed by atoms with van der Waals surface area (Å²) in [7, 11) is -3.33. The van der Waals surface area contributed by atoms with Crippen LogP contribution >= 0.6 is 11.6 Å². The normalized spacial score (nSPS) is 15.5. The topological polar surface area (TPSA) is 84.6 Å². The number of amides is 1. The van der Waals surface area contributed by atoms with Gasteiger partial charge in [0, 0.05) is 30.2 Å². The largest absolute Gasteiger partial charge is 0.309 e. The highest BCUT2D eigenvalue weighted by Crippen LogP contribution is 2.42. The first-order valence-corrected chi connectivity index (χ1v) is 12.3. The minimum Gasteiger partial charge on any atom is -0.309 e. The number of fused-ring (bicyclic) bond motifs is 3. The summed E-state index contributed by atoms with van der Waals surface area (Å²) in [6, 6.07) is 8.00. The predicted octanol–water partition coefficient (Wildman–Crippen LogP) is 2.87. The maximum Gasteiger partial charge on any atom is 0.241 e. The Bertz CT molecular complexity index is 1290. The van der Waals surface area contributed by atoms with Gasteiger partial charge in [-0.1, -0.05) is 26.0 Å². The second kappa shape index (κ2) is 7.56. The Balaban J connectivity index is 1.94. The zero-order valence-electron chi connectivity index (χ0n) is 17.4. The van der Waals surface area contributed by atoms with Crippen molar-refractivity contribution < 1.29 is 17.6 Å². The predicted molar refractivity (Wildman–Crippen MR) is 117 cm³/mol. The van der Waals surface area contributed by atoms with Crippen molar-refractivity contribution in [2.24, 2.45) is 0 Å². The molecule has 0 atom stereocenters.